The Morgan fingerprint density at radius 1 is 1.23 bits per heavy atom. The van der Waals surface area contributed by atoms with Crippen molar-refractivity contribution < 1.29 is 0 Å². The highest BCUT2D eigenvalue weighted by Gasteiger charge is 2.14. The zero-order valence-corrected chi connectivity index (χ0v) is 13.1. The Balaban J connectivity index is 1.65. The average molecular weight is 300 g/mol. The molecule has 0 spiro atoms. The largest absolute Gasteiger partial charge is 0.365 e. The number of hydrogen-bond acceptors (Lipinski definition) is 5. The van der Waals surface area contributed by atoms with Crippen LogP contribution in [0.4, 0.5) is 11.6 Å². The van der Waals surface area contributed by atoms with E-state index in [1.165, 1.54) is 19.3 Å². The van der Waals surface area contributed by atoms with Crippen molar-refractivity contribution in [1.29, 1.82) is 0 Å². The van der Waals surface area contributed by atoms with Gasteiger partial charge in [0.15, 0.2) is 0 Å². The highest BCUT2D eigenvalue weighted by Crippen LogP contribution is 2.19. The summed E-state index contributed by atoms with van der Waals surface area (Å²) < 4.78 is 2.09. The molecule has 118 valence electrons. The molecule has 1 unspecified atom stereocenters. The van der Waals surface area contributed by atoms with E-state index in [1.807, 2.05) is 18.7 Å². The van der Waals surface area contributed by atoms with Crippen molar-refractivity contribution in [2.75, 3.05) is 23.3 Å². The first kappa shape index (κ1) is 14.8. The molecule has 1 aliphatic rings. The van der Waals surface area contributed by atoms with Crippen LogP contribution in [0.1, 0.15) is 32.6 Å². The molecule has 22 heavy (non-hydrogen) atoms. The van der Waals surface area contributed by atoms with Gasteiger partial charge in [-0.25, -0.2) is 15.0 Å². The number of piperidine rings is 1. The van der Waals surface area contributed by atoms with Crippen LogP contribution in [0, 0.1) is 0 Å². The molecule has 6 nitrogen and oxygen atoms in total. The van der Waals surface area contributed by atoms with Crippen LogP contribution in [0.3, 0.4) is 0 Å². The number of nitrogens with one attached hydrogen (secondary N) is 1. The lowest BCUT2D eigenvalue weighted by molar-refractivity contribution is 0.565. The predicted octanol–water partition coefficient (Wildman–Crippen LogP) is 2.55. The van der Waals surface area contributed by atoms with E-state index in [1.54, 1.807) is 6.33 Å². The van der Waals surface area contributed by atoms with Crippen molar-refractivity contribution in [1.82, 2.24) is 19.5 Å². The smallest absolute Gasteiger partial charge is 0.134 e. The fourth-order valence-corrected chi connectivity index (χ4v) is 2.86. The number of anilines is 2. The number of rotatable bonds is 6. The molecule has 1 N–H and O–H groups in total. The molecule has 2 aromatic rings. The zero-order chi connectivity index (χ0) is 15.2. The summed E-state index contributed by atoms with van der Waals surface area (Å²) in [6.07, 6.45) is 12.2. The van der Waals surface area contributed by atoms with Crippen LogP contribution < -0.4 is 10.2 Å². The first-order valence-electron chi connectivity index (χ1n) is 8.14. The Bertz CT molecular complexity index is 562. The van der Waals surface area contributed by atoms with E-state index in [9.17, 15) is 0 Å². The van der Waals surface area contributed by atoms with E-state index in [4.69, 9.17) is 0 Å². The van der Waals surface area contributed by atoms with Crippen LogP contribution in [0.15, 0.2) is 31.1 Å². The van der Waals surface area contributed by atoms with E-state index < -0.39 is 0 Å². The summed E-state index contributed by atoms with van der Waals surface area (Å²) >= 11 is 0. The molecule has 0 saturated carbocycles. The van der Waals surface area contributed by atoms with E-state index in [-0.39, 0.29) is 0 Å². The van der Waals surface area contributed by atoms with Crippen LogP contribution in [-0.2, 0) is 6.54 Å². The fraction of sp³-hybridized carbons (Fsp3) is 0.562. The van der Waals surface area contributed by atoms with Gasteiger partial charge in [-0.05, 0) is 25.7 Å². The first-order chi connectivity index (χ1) is 10.8. The summed E-state index contributed by atoms with van der Waals surface area (Å²) in [6, 6.07) is 2.40. The Morgan fingerprint density at radius 2 is 2.09 bits per heavy atom. The Kier molecular flexibility index (Phi) is 4.88. The lowest BCUT2D eigenvalue weighted by atomic mass is 10.1. The summed E-state index contributed by atoms with van der Waals surface area (Å²) in [6.45, 7) is 5.27. The number of aromatic nitrogens is 4. The molecule has 2 aromatic heterocycles. The third-order valence-electron chi connectivity index (χ3n) is 4.17. The molecule has 3 rings (SSSR count). The summed E-state index contributed by atoms with van der Waals surface area (Å²) in [5.41, 5.74) is 0. The molecule has 0 aliphatic carbocycles. The molecule has 3 heterocycles. The van der Waals surface area contributed by atoms with Crippen LogP contribution in [-0.4, -0.2) is 38.7 Å². The standard InChI is InChI=1S/C16H24N6/c1-2-14(11-21-9-6-17-13-21)20-15-10-16(19-12-18-15)22-7-4-3-5-8-22/h6,9-10,12-14H,2-5,7-8,11H2,1H3,(H,18,19,20). The molecule has 1 aliphatic heterocycles. The van der Waals surface area contributed by atoms with Crippen LogP contribution >= 0.6 is 0 Å². The van der Waals surface area contributed by atoms with E-state index in [0.717, 1.165) is 37.7 Å². The molecule has 0 bridgehead atoms. The molecule has 0 amide bonds. The lowest BCUT2D eigenvalue weighted by Crippen LogP contribution is -2.30. The average Bonchev–Trinajstić information content (AvgIpc) is 3.08. The third-order valence-corrected chi connectivity index (χ3v) is 4.17. The maximum Gasteiger partial charge on any atom is 0.134 e. The second-order valence-electron chi connectivity index (χ2n) is 5.82. The number of hydrogen-bond donors (Lipinski definition) is 1. The highest BCUT2D eigenvalue weighted by molar-refractivity contribution is 5.49. The molecule has 1 fully saturated rings. The lowest BCUT2D eigenvalue weighted by Gasteiger charge is -2.28. The third kappa shape index (κ3) is 3.75. The van der Waals surface area contributed by atoms with Crippen LogP contribution in [0.25, 0.3) is 0 Å². The number of nitrogens with zero attached hydrogens (tertiary/aromatic N) is 5. The molecule has 6 heteroatoms. The minimum absolute atomic E-state index is 0.332. The summed E-state index contributed by atoms with van der Waals surface area (Å²) in [4.78, 5) is 15.3. The van der Waals surface area contributed by atoms with Crippen LogP contribution in [0.5, 0.6) is 0 Å². The van der Waals surface area contributed by atoms with Crippen molar-refractivity contribution >= 4 is 11.6 Å². The van der Waals surface area contributed by atoms with Crippen LogP contribution in [0.2, 0.25) is 0 Å². The Labute approximate surface area is 131 Å². The van der Waals surface area contributed by atoms with Gasteiger partial charge in [-0.3, -0.25) is 0 Å². The molecule has 1 atom stereocenters. The summed E-state index contributed by atoms with van der Waals surface area (Å²) in [5, 5.41) is 3.52. The first-order valence-corrected chi connectivity index (χ1v) is 8.14. The molecule has 0 aromatic carbocycles. The van der Waals surface area contributed by atoms with Crippen molar-refractivity contribution in [3.8, 4) is 0 Å². The summed E-state index contributed by atoms with van der Waals surface area (Å²) in [7, 11) is 0. The monoisotopic (exact) mass is 300 g/mol. The predicted molar refractivity (Wildman–Crippen MR) is 88.0 cm³/mol. The van der Waals surface area contributed by atoms with Gasteiger partial charge in [-0.1, -0.05) is 6.92 Å². The Morgan fingerprint density at radius 3 is 2.82 bits per heavy atom. The van der Waals surface area contributed by atoms with Crippen molar-refractivity contribution in [3.05, 3.63) is 31.1 Å². The molecule has 0 radical (unpaired) electrons. The maximum absolute atomic E-state index is 4.43. The highest BCUT2D eigenvalue weighted by atomic mass is 15.2. The van der Waals surface area contributed by atoms with Gasteiger partial charge < -0.3 is 14.8 Å². The number of imidazole rings is 1. The van der Waals surface area contributed by atoms with E-state index >= 15 is 0 Å². The van der Waals surface area contributed by atoms with Gasteiger partial charge in [0.2, 0.25) is 0 Å². The zero-order valence-electron chi connectivity index (χ0n) is 13.1. The van der Waals surface area contributed by atoms with E-state index in [2.05, 4.69) is 42.7 Å². The summed E-state index contributed by atoms with van der Waals surface area (Å²) in [5.74, 6) is 1.94. The van der Waals surface area contributed by atoms with Gasteiger partial charge in [0.05, 0.1) is 6.33 Å². The minimum Gasteiger partial charge on any atom is -0.365 e. The SMILES string of the molecule is CCC(Cn1ccnc1)Nc1cc(N2CCCCC2)ncn1. The second kappa shape index (κ2) is 7.24. The van der Waals surface area contributed by atoms with Crippen molar-refractivity contribution in [2.45, 2.75) is 45.2 Å². The fourth-order valence-electron chi connectivity index (χ4n) is 2.86. The topological polar surface area (TPSA) is 58.9 Å². The van der Waals surface area contributed by atoms with Gasteiger partial charge in [-0.2, -0.15) is 0 Å². The Hall–Kier alpha value is -2.11. The van der Waals surface area contributed by atoms with E-state index in [0.29, 0.717) is 6.04 Å². The van der Waals surface area contributed by atoms with Gasteiger partial charge in [-0.15, -0.1) is 0 Å². The molecule has 1 saturated heterocycles. The molecular formula is C16H24N6. The normalized spacial score (nSPS) is 16.5. The maximum atomic E-state index is 4.43. The van der Waals surface area contributed by atoms with Gasteiger partial charge in [0.1, 0.15) is 18.0 Å². The van der Waals surface area contributed by atoms with Gasteiger partial charge >= 0.3 is 0 Å². The van der Waals surface area contributed by atoms with Crippen molar-refractivity contribution in [3.63, 3.8) is 0 Å². The van der Waals surface area contributed by atoms with Gasteiger partial charge in [0.25, 0.3) is 0 Å². The van der Waals surface area contributed by atoms with Crippen molar-refractivity contribution in [2.24, 2.45) is 0 Å². The molecular weight excluding hydrogens is 276 g/mol. The minimum atomic E-state index is 0.332. The van der Waals surface area contributed by atoms with Gasteiger partial charge in [0, 0.05) is 44.1 Å². The quantitative estimate of drug-likeness (QED) is 0.888. The second-order valence-corrected chi connectivity index (χ2v) is 5.82.